The zero-order valence-electron chi connectivity index (χ0n) is 9.03. The molecule has 1 atom stereocenters. The van der Waals surface area contributed by atoms with E-state index in [0.29, 0.717) is 12.4 Å². The first-order valence-electron chi connectivity index (χ1n) is 4.95. The highest BCUT2D eigenvalue weighted by atomic mass is 35.5. The fraction of sp³-hybridized carbons (Fsp3) is 0.600. The SMILES string of the molecule is CC(CCl)C(=O)NCCc1ccn(C)n1. The zero-order valence-corrected chi connectivity index (χ0v) is 9.79. The van der Waals surface area contributed by atoms with Crippen molar-refractivity contribution in [3.63, 3.8) is 0 Å². The summed E-state index contributed by atoms with van der Waals surface area (Å²) in [5.41, 5.74) is 0.983. The van der Waals surface area contributed by atoms with Crippen molar-refractivity contribution in [3.05, 3.63) is 18.0 Å². The summed E-state index contributed by atoms with van der Waals surface area (Å²) in [5, 5.41) is 7.03. The fourth-order valence-electron chi connectivity index (χ4n) is 1.15. The largest absolute Gasteiger partial charge is 0.355 e. The Balaban J connectivity index is 2.24. The number of nitrogens with zero attached hydrogens (tertiary/aromatic N) is 2. The van der Waals surface area contributed by atoms with Gasteiger partial charge in [-0.25, -0.2) is 0 Å². The number of hydrogen-bond acceptors (Lipinski definition) is 2. The van der Waals surface area contributed by atoms with Gasteiger partial charge in [0.05, 0.1) is 5.69 Å². The van der Waals surface area contributed by atoms with Gasteiger partial charge in [-0.05, 0) is 6.07 Å². The molecule has 0 radical (unpaired) electrons. The molecule has 0 saturated heterocycles. The van der Waals surface area contributed by atoms with E-state index in [1.807, 2.05) is 26.2 Å². The quantitative estimate of drug-likeness (QED) is 0.765. The number of hydrogen-bond donors (Lipinski definition) is 1. The summed E-state index contributed by atoms with van der Waals surface area (Å²) in [6, 6.07) is 1.94. The molecule has 1 amide bonds. The second kappa shape index (κ2) is 5.75. The molecule has 0 aliphatic rings. The Morgan fingerprint density at radius 3 is 3.00 bits per heavy atom. The summed E-state index contributed by atoms with van der Waals surface area (Å²) in [7, 11) is 1.87. The number of carbonyl (C=O) groups excluding carboxylic acids is 1. The van der Waals surface area contributed by atoms with Gasteiger partial charge in [0.15, 0.2) is 0 Å². The Kier molecular flexibility index (Phi) is 4.62. The Morgan fingerprint density at radius 1 is 1.73 bits per heavy atom. The van der Waals surface area contributed by atoms with Gasteiger partial charge in [0.25, 0.3) is 0 Å². The van der Waals surface area contributed by atoms with Gasteiger partial charge in [-0.15, -0.1) is 11.6 Å². The van der Waals surface area contributed by atoms with E-state index in [9.17, 15) is 4.79 Å². The molecule has 1 aromatic heterocycles. The van der Waals surface area contributed by atoms with E-state index in [1.54, 1.807) is 4.68 Å². The van der Waals surface area contributed by atoms with Crippen LogP contribution in [0.4, 0.5) is 0 Å². The van der Waals surface area contributed by atoms with Gasteiger partial charge < -0.3 is 5.32 Å². The van der Waals surface area contributed by atoms with Gasteiger partial charge in [-0.2, -0.15) is 5.10 Å². The smallest absolute Gasteiger partial charge is 0.224 e. The monoisotopic (exact) mass is 229 g/mol. The van der Waals surface area contributed by atoms with Gasteiger partial charge >= 0.3 is 0 Å². The lowest BCUT2D eigenvalue weighted by molar-refractivity contribution is -0.123. The molecule has 5 heteroatoms. The van der Waals surface area contributed by atoms with E-state index < -0.39 is 0 Å². The highest BCUT2D eigenvalue weighted by molar-refractivity contribution is 6.19. The van der Waals surface area contributed by atoms with Gasteiger partial charge in [-0.3, -0.25) is 9.48 Å². The minimum atomic E-state index is -0.129. The Bertz CT molecular complexity index is 324. The molecule has 0 aliphatic heterocycles. The van der Waals surface area contributed by atoms with Crippen molar-refractivity contribution in [1.29, 1.82) is 0 Å². The van der Waals surface area contributed by atoms with Crippen LogP contribution >= 0.6 is 11.6 Å². The van der Waals surface area contributed by atoms with E-state index in [1.165, 1.54) is 0 Å². The van der Waals surface area contributed by atoms with Crippen LogP contribution in [-0.2, 0) is 18.3 Å². The first kappa shape index (κ1) is 12.0. The van der Waals surface area contributed by atoms with E-state index in [0.717, 1.165) is 12.1 Å². The highest BCUT2D eigenvalue weighted by Gasteiger charge is 2.10. The summed E-state index contributed by atoms with van der Waals surface area (Å²) in [5.74, 6) is 0.228. The summed E-state index contributed by atoms with van der Waals surface area (Å²) < 4.78 is 1.75. The van der Waals surface area contributed by atoms with E-state index in [4.69, 9.17) is 11.6 Å². The Labute approximate surface area is 94.6 Å². The average molecular weight is 230 g/mol. The standard InChI is InChI=1S/C10H16ClN3O/c1-8(7-11)10(15)12-5-3-9-4-6-14(2)13-9/h4,6,8H,3,5,7H2,1-2H3,(H,12,15). The molecule has 0 aliphatic carbocycles. The first-order valence-corrected chi connectivity index (χ1v) is 5.49. The first-order chi connectivity index (χ1) is 7.13. The predicted octanol–water partition coefficient (Wildman–Crippen LogP) is 0.954. The average Bonchev–Trinajstić information content (AvgIpc) is 2.63. The van der Waals surface area contributed by atoms with Gasteiger partial charge in [-0.1, -0.05) is 6.92 Å². The van der Waals surface area contributed by atoms with Crippen LogP contribution < -0.4 is 5.32 Å². The molecule has 1 rings (SSSR count). The van der Waals surface area contributed by atoms with Crippen LogP contribution in [0.3, 0.4) is 0 Å². The lowest BCUT2D eigenvalue weighted by Crippen LogP contribution is -2.31. The van der Waals surface area contributed by atoms with E-state index in [2.05, 4.69) is 10.4 Å². The van der Waals surface area contributed by atoms with Crippen LogP contribution in [0.25, 0.3) is 0 Å². The molecule has 1 heterocycles. The second-order valence-corrected chi connectivity index (χ2v) is 3.89. The van der Waals surface area contributed by atoms with E-state index >= 15 is 0 Å². The number of carbonyl (C=O) groups is 1. The third kappa shape index (κ3) is 3.91. The molecule has 1 unspecified atom stereocenters. The molecule has 0 spiro atoms. The van der Waals surface area contributed by atoms with Crippen molar-refractivity contribution in [2.45, 2.75) is 13.3 Å². The van der Waals surface area contributed by atoms with Crippen LogP contribution in [0, 0.1) is 5.92 Å². The third-order valence-corrected chi connectivity index (χ3v) is 2.59. The van der Waals surface area contributed by atoms with Gasteiger partial charge in [0.1, 0.15) is 0 Å². The van der Waals surface area contributed by atoms with Crippen molar-refractivity contribution in [2.24, 2.45) is 13.0 Å². The number of alkyl halides is 1. The van der Waals surface area contributed by atoms with Crippen molar-refractivity contribution in [1.82, 2.24) is 15.1 Å². The fourth-order valence-corrected chi connectivity index (χ4v) is 1.29. The van der Waals surface area contributed by atoms with Crippen molar-refractivity contribution >= 4 is 17.5 Å². The number of rotatable bonds is 5. The molecule has 0 fully saturated rings. The lowest BCUT2D eigenvalue weighted by atomic mass is 10.2. The Morgan fingerprint density at radius 2 is 2.47 bits per heavy atom. The van der Waals surface area contributed by atoms with Crippen molar-refractivity contribution < 1.29 is 4.79 Å². The molecule has 0 saturated carbocycles. The number of nitrogens with one attached hydrogen (secondary N) is 1. The topological polar surface area (TPSA) is 46.9 Å². The third-order valence-electron chi connectivity index (χ3n) is 2.13. The second-order valence-electron chi connectivity index (χ2n) is 3.58. The predicted molar refractivity (Wildman–Crippen MR) is 59.8 cm³/mol. The molecular formula is C10H16ClN3O. The minimum absolute atomic E-state index is 0.000862. The van der Waals surface area contributed by atoms with Gasteiger partial charge in [0, 0.05) is 38.0 Å². The number of amides is 1. The summed E-state index contributed by atoms with van der Waals surface area (Å²) in [6.45, 7) is 2.42. The minimum Gasteiger partial charge on any atom is -0.355 e. The molecule has 1 N–H and O–H groups in total. The lowest BCUT2D eigenvalue weighted by Gasteiger charge is -2.07. The normalized spacial score (nSPS) is 12.5. The van der Waals surface area contributed by atoms with Crippen molar-refractivity contribution in [3.8, 4) is 0 Å². The molecule has 84 valence electrons. The highest BCUT2D eigenvalue weighted by Crippen LogP contribution is 1.98. The Hall–Kier alpha value is -1.03. The van der Waals surface area contributed by atoms with Gasteiger partial charge in [0.2, 0.25) is 5.91 Å². The van der Waals surface area contributed by atoms with Crippen LogP contribution in [0.1, 0.15) is 12.6 Å². The van der Waals surface area contributed by atoms with Crippen molar-refractivity contribution in [2.75, 3.05) is 12.4 Å². The van der Waals surface area contributed by atoms with Crippen LogP contribution in [-0.4, -0.2) is 28.1 Å². The molecular weight excluding hydrogens is 214 g/mol. The summed E-state index contributed by atoms with van der Waals surface area (Å²) >= 11 is 5.57. The molecule has 0 bridgehead atoms. The number of aryl methyl sites for hydroxylation is 1. The molecule has 0 aromatic carbocycles. The molecule has 4 nitrogen and oxygen atoms in total. The summed E-state index contributed by atoms with van der Waals surface area (Å²) in [4.78, 5) is 11.3. The van der Waals surface area contributed by atoms with E-state index in [-0.39, 0.29) is 11.8 Å². The number of halogens is 1. The van der Waals surface area contributed by atoms with Crippen LogP contribution in [0.5, 0.6) is 0 Å². The zero-order chi connectivity index (χ0) is 11.3. The number of aromatic nitrogens is 2. The molecule has 1 aromatic rings. The maximum Gasteiger partial charge on any atom is 0.224 e. The summed E-state index contributed by atoms with van der Waals surface area (Å²) in [6.07, 6.45) is 2.64. The maximum absolute atomic E-state index is 11.3. The molecule has 15 heavy (non-hydrogen) atoms. The van der Waals surface area contributed by atoms with Crippen LogP contribution in [0.2, 0.25) is 0 Å². The van der Waals surface area contributed by atoms with Crippen LogP contribution in [0.15, 0.2) is 12.3 Å². The maximum atomic E-state index is 11.3.